The van der Waals surface area contributed by atoms with Crippen LogP contribution in [-0.4, -0.2) is 18.3 Å². The van der Waals surface area contributed by atoms with E-state index in [4.69, 9.17) is 9.47 Å². The van der Waals surface area contributed by atoms with Gasteiger partial charge in [-0.2, -0.15) is 5.10 Å². The van der Waals surface area contributed by atoms with Gasteiger partial charge in [0.2, 0.25) is 5.13 Å². The molecule has 0 fully saturated rings. The van der Waals surface area contributed by atoms with Crippen LogP contribution in [0.15, 0.2) is 77.2 Å². The van der Waals surface area contributed by atoms with Crippen LogP contribution in [0, 0.1) is 13.8 Å². The van der Waals surface area contributed by atoms with Crippen LogP contribution in [0.2, 0.25) is 0 Å². The largest absolute Gasteiger partial charge is 0.493 e. The summed E-state index contributed by atoms with van der Waals surface area (Å²) in [4.78, 5) is 4.60. The number of benzene rings is 3. The molecule has 0 aliphatic rings. The van der Waals surface area contributed by atoms with E-state index < -0.39 is 0 Å². The van der Waals surface area contributed by atoms with Gasteiger partial charge in [0.25, 0.3) is 0 Å². The third-order valence-corrected chi connectivity index (χ3v) is 5.67. The molecule has 1 heterocycles. The summed E-state index contributed by atoms with van der Waals surface area (Å²) in [6, 6.07) is 22.3. The van der Waals surface area contributed by atoms with Crippen molar-refractivity contribution in [3.05, 3.63) is 94.4 Å². The van der Waals surface area contributed by atoms with Gasteiger partial charge in [-0.15, -0.1) is 11.3 Å². The molecule has 0 saturated carbocycles. The molecule has 0 saturated heterocycles. The van der Waals surface area contributed by atoms with E-state index >= 15 is 0 Å². The first-order valence-electron chi connectivity index (χ1n) is 10.3. The number of hydrazone groups is 1. The van der Waals surface area contributed by atoms with Crippen molar-refractivity contribution in [3.63, 3.8) is 0 Å². The van der Waals surface area contributed by atoms with Crippen molar-refractivity contribution in [2.45, 2.75) is 20.5 Å². The van der Waals surface area contributed by atoms with Crippen molar-refractivity contribution in [3.8, 4) is 22.8 Å². The number of aromatic nitrogens is 1. The number of aryl methyl sites for hydroxylation is 2. The van der Waals surface area contributed by atoms with E-state index in [0.717, 1.165) is 27.5 Å². The Balaban J connectivity index is 1.41. The van der Waals surface area contributed by atoms with Crippen LogP contribution in [0.3, 0.4) is 0 Å². The summed E-state index contributed by atoms with van der Waals surface area (Å²) in [5, 5.41) is 7.09. The van der Waals surface area contributed by atoms with Crippen molar-refractivity contribution in [2.24, 2.45) is 5.10 Å². The molecule has 0 spiro atoms. The maximum Gasteiger partial charge on any atom is 0.203 e. The molecule has 4 rings (SSSR count). The number of rotatable bonds is 8. The minimum atomic E-state index is 0.469. The van der Waals surface area contributed by atoms with Crippen LogP contribution in [0.1, 0.15) is 22.3 Å². The van der Waals surface area contributed by atoms with Crippen LogP contribution in [0.25, 0.3) is 11.3 Å². The highest BCUT2D eigenvalue weighted by atomic mass is 32.1. The highest BCUT2D eigenvalue weighted by Crippen LogP contribution is 2.29. The summed E-state index contributed by atoms with van der Waals surface area (Å²) >= 11 is 1.52. The normalized spacial score (nSPS) is 11.0. The lowest BCUT2D eigenvalue weighted by Crippen LogP contribution is -1.99. The van der Waals surface area contributed by atoms with Gasteiger partial charge in [-0.3, -0.25) is 5.43 Å². The van der Waals surface area contributed by atoms with Gasteiger partial charge in [0, 0.05) is 10.9 Å². The molecule has 162 valence electrons. The molecule has 6 heteroatoms. The van der Waals surface area contributed by atoms with Gasteiger partial charge in [0.15, 0.2) is 11.5 Å². The van der Waals surface area contributed by atoms with Crippen molar-refractivity contribution < 1.29 is 9.47 Å². The highest BCUT2D eigenvalue weighted by molar-refractivity contribution is 7.14. The van der Waals surface area contributed by atoms with E-state index in [-0.39, 0.29) is 0 Å². The summed E-state index contributed by atoms with van der Waals surface area (Å²) in [6.45, 7) is 4.61. The number of nitrogens with zero attached hydrogens (tertiary/aromatic N) is 2. The third-order valence-electron chi connectivity index (χ3n) is 4.93. The second-order valence-electron chi connectivity index (χ2n) is 7.46. The third kappa shape index (κ3) is 5.53. The predicted octanol–water partition coefficient (Wildman–Crippen LogP) is 6.46. The second kappa shape index (κ2) is 10.1. The predicted molar refractivity (Wildman–Crippen MR) is 132 cm³/mol. The Kier molecular flexibility index (Phi) is 6.82. The zero-order chi connectivity index (χ0) is 22.3. The topological polar surface area (TPSA) is 55.7 Å². The first-order chi connectivity index (χ1) is 15.6. The summed E-state index contributed by atoms with van der Waals surface area (Å²) in [5.41, 5.74) is 9.49. The Bertz CT molecular complexity index is 1200. The van der Waals surface area contributed by atoms with Gasteiger partial charge < -0.3 is 9.47 Å². The SMILES string of the molecule is COc1ccc(/C=N\Nc2nc(-c3ccc(C)cc3)cs2)cc1OCc1ccc(C)cc1. The zero-order valence-corrected chi connectivity index (χ0v) is 19.1. The Hall–Kier alpha value is -3.64. The molecule has 1 N–H and O–H groups in total. The Morgan fingerprint density at radius 2 is 1.66 bits per heavy atom. The van der Waals surface area contributed by atoms with Crippen molar-refractivity contribution >= 4 is 22.7 Å². The van der Waals surface area contributed by atoms with E-state index in [2.05, 4.69) is 77.9 Å². The molecule has 0 amide bonds. The molecule has 32 heavy (non-hydrogen) atoms. The first-order valence-corrected chi connectivity index (χ1v) is 11.2. The maximum atomic E-state index is 6.00. The van der Waals surface area contributed by atoms with Gasteiger partial charge in [-0.1, -0.05) is 59.7 Å². The number of ether oxygens (including phenoxy) is 2. The van der Waals surface area contributed by atoms with Gasteiger partial charge >= 0.3 is 0 Å². The Labute approximate surface area is 192 Å². The minimum Gasteiger partial charge on any atom is -0.493 e. The number of nitrogens with one attached hydrogen (secondary N) is 1. The minimum absolute atomic E-state index is 0.469. The summed E-state index contributed by atoms with van der Waals surface area (Å²) in [5.74, 6) is 1.36. The average Bonchev–Trinajstić information content (AvgIpc) is 3.28. The van der Waals surface area contributed by atoms with Gasteiger partial charge in [0.1, 0.15) is 6.61 Å². The lowest BCUT2D eigenvalue weighted by Gasteiger charge is -2.11. The van der Waals surface area contributed by atoms with E-state index in [0.29, 0.717) is 18.1 Å². The van der Waals surface area contributed by atoms with E-state index in [1.807, 2.05) is 23.6 Å². The molecule has 0 bridgehead atoms. The molecule has 0 aliphatic carbocycles. The fraction of sp³-hybridized carbons (Fsp3) is 0.154. The highest BCUT2D eigenvalue weighted by Gasteiger charge is 2.07. The summed E-state index contributed by atoms with van der Waals surface area (Å²) in [7, 11) is 1.64. The van der Waals surface area contributed by atoms with Crippen molar-refractivity contribution in [1.29, 1.82) is 0 Å². The maximum absolute atomic E-state index is 6.00. The fourth-order valence-electron chi connectivity index (χ4n) is 3.08. The average molecular weight is 444 g/mol. The standard InChI is InChI=1S/C26H25N3O2S/c1-18-4-8-20(9-5-18)16-31-25-14-21(10-13-24(25)30-3)15-27-29-26-28-23(17-32-26)22-11-6-19(2)7-12-22/h4-15,17H,16H2,1-3H3,(H,28,29)/b27-15-. The number of thiazole rings is 1. The molecule has 0 atom stereocenters. The number of hydrogen-bond donors (Lipinski definition) is 1. The van der Waals surface area contributed by atoms with E-state index in [1.54, 1.807) is 13.3 Å². The monoisotopic (exact) mass is 443 g/mol. The lowest BCUT2D eigenvalue weighted by atomic mass is 10.1. The molecular weight excluding hydrogens is 418 g/mol. The molecule has 5 nitrogen and oxygen atoms in total. The second-order valence-corrected chi connectivity index (χ2v) is 8.32. The Morgan fingerprint density at radius 3 is 2.38 bits per heavy atom. The fourth-order valence-corrected chi connectivity index (χ4v) is 3.74. The van der Waals surface area contributed by atoms with E-state index in [9.17, 15) is 0 Å². The summed E-state index contributed by atoms with van der Waals surface area (Å²) in [6.07, 6.45) is 1.74. The van der Waals surface area contributed by atoms with Crippen LogP contribution in [0.4, 0.5) is 5.13 Å². The molecule has 0 radical (unpaired) electrons. The molecule has 4 aromatic rings. The molecule has 1 aromatic heterocycles. The van der Waals surface area contributed by atoms with Crippen LogP contribution in [0.5, 0.6) is 11.5 Å². The van der Waals surface area contributed by atoms with Crippen LogP contribution < -0.4 is 14.9 Å². The molecule has 0 unspecified atom stereocenters. The zero-order valence-electron chi connectivity index (χ0n) is 18.3. The van der Waals surface area contributed by atoms with Gasteiger partial charge in [-0.05, 0) is 43.2 Å². The van der Waals surface area contributed by atoms with Crippen molar-refractivity contribution in [2.75, 3.05) is 12.5 Å². The first kappa shape index (κ1) is 21.6. The van der Waals surface area contributed by atoms with Gasteiger partial charge in [0.05, 0.1) is 19.0 Å². The quantitative estimate of drug-likeness (QED) is 0.251. The van der Waals surface area contributed by atoms with Gasteiger partial charge in [-0.25, -0.2) is 4.98 Å². The smallest absolute Gasteiger partial charge is 0.203 e. The number of anilines is 1. The molecule has 0 aliphatic heterocycles. The Morgan fingerprint density at radius 1 is 0.938 bits per heavy atom. The number of hydrogen-bond acceptors (Lipinski definition) is 6. The number of methoxy groups -OCH3 is 1. The lowest BCUT2D eigenvalue weighted by molar-refractivity contribution is 0.284. The molecular formula is C26H25N3O2S. The van der Waals surface area contributed by atoms with Crippen LogP contribution >= 0.6 is 11.3 Å². The summed E-state index contributed by atoms with van der Waals surface area (Å²) < 4.78 is 11.4. The van der Waals surface area contributed by atoms with E-state index in [1.165, 1.54) is 22.5 Å². The van der Waals surface area contributed by atoms with Crippen LogP contribution in [-0.2, 0) is 6.61 Å². The van der Waals surface area contributed by atoms with Crippen molar-refractivity contribution in [1.82, 2.24) is 4.98 Å². The molecule has 3 aromatic carbocycles.